The second kappa shape index (κ2) is 10.5. The van der Waals surface area contributed by atoms with Crippen molar-refractivity contribution in [2.45, 2.75) is 21.3 Å². The molecule has 0 aliphatic carbocycles. The van der Waals surface area contributed by atoms with Crippen LogP contribution in [0.5, 0.6) is 0 Å². The summed E-state index contributed by atoms with van der Waals surface area (Å²) in [6.45, 7) is 11.6. The zero-order chi connectivity index (χ0) is 12.4. The molecule has 0 radical (unpaired) electrons. The Morgan fingerprint density at radius 1 is 1.24 bits per heavy atom. The molecular weight excluding hydrogens is 204 g/mol. The molecule has 0 amide bonds. The summed E-state index contributed by atoms with van der Waals surface area (Å²) in [5, 5.41) is 0. The van der Waals surface area contributed by atoms with Crippen molar-refractivity contribution >= 4 is 5.57 Å². The Morgan fingerprint density at radius 2 is 1.76 bits per heavy atom. The average molecular weight is 226 g/mol. The molecule has 17 heavy (non-hydrogen) atoms. The summed E-state index contributed by atoms with van der Waals surface area (Å²) in [6.07, 6.45) is 8.78. The van der Waals surface area contributed by atoms with Gasteiger partial charge >= 0.3 is 0 Å². The lowest BCUT2D eigenvalue weighted by atomic mass is 10.1. The van der Waals surface area contributed by atoms with E-state index in [1.807, 2.05) is 50.3 Å². The second-order valence-electron chi connectivity index (χ2n) is 2.84. The maximum absolute atomic E-state index is 5.28. The van der Waals surface area contributed by atoms with Gasteiger partial charge in [0, 0.05) is 5.57 Å². The lowest BCUT2D eigenvalue weighted by molar-refractivity contribution is 1.50. The molecule has 0 aliphatic rings. The molecule has 1 aromatic carbocycles. The van der Waals surface area contributed by atoms with Crippen LogP contribution >= 0.6 is 0 Å². The van der Waals surface area contributed by atoms with Gasteiger partial charge in [-0.05, 0) is 17.2 Å². The Hall–Kier alpha value is -2.00. The molecule has 0 bridgehead atoms. The Morgan fingerprint density at radius 3 is 2.18 bits per heavy atom. The summed E-state index contributed by atoms with van der Waals surface area (Å²) < 4.78 is 0. The van der Waals surface area contributed by atoms with Crippen LogP contribution in [0.25, 0.3) is 5.57 Å². The molecule has 1 aromatic rings. The first-order valence-corrected chi connectivity index (χ1v) is 5.33. The van der Waals surface area contributed by atoms with Crippen LogP contribution in [0.3, 0.4) is 0 Å². The first kappa shape index (κ1) is 17.4. The second-order valence-corrected chi connectivity index (χ2v) is 2.84. The maximum atomic E-state index is 5.28. The van der Waals surface area contributed by atoms with E-state index in [2.05, 4.69) is 19.1 Å². The molecule has 0 heterocycles. The van der Waals surface area contributed by atoms with E-state index in [1.165, 1.54) is 0 Å². The lowest BCUT2D eigenvalue weighted by Gasteiger charge is -1.99. The highest BCUT2D eigenvalue weighted by Gasteiger charge is 1.94. The molecule has 0 spiro atoms. The zero-order valence-corrected chi connectivity index (χ0v) is 10.0. The Balaban J connectivity index is 0. The van der Waals surface area contributed by atoms with Crippen LogP contribution in [0.15, 0.2) is 61.2 Å². The molecule has 0 saturated carbocycles. The average Bonchev–Trinajstić information content (AvgIpc) is 2.39. The summed E-state index contributed by atoms with van der Waals surface area (Å²) in [4.78, 5) is 0. The standard InChI is InChI=1S/C14H12.C2H6.CH4/c1-4-13(5-2)11-12(3)14-9-7-6-8-10-14;1-2;/h1,5-11H,2-3H2;1-2H3;1H4/b13-11-;;. The lowest BCUT2D eigenvalue weighted by Crippen LogP contribution is -1.79. The molecule has 1 rings (SSSR count). The van der Waals surface area contributed by atoms with Crippen LogP contribution in [0, 0.1) is 12.3 Å². The summed E-state index contributed by atoms with van der Waals surface area (Å²) in [7, 11) is 0. The first-order chi connectivity index (χ1) is 7.77. The van der Waals surface area contributed by atoms with Gasteiger partial charge in [-0.3, -0.25) is 0 Å². The van der Waals surface area contributed by atoms with Gasteiger partial charge in [0.1, 0.15) is 0 Å². The van der Waals surface area contributed by atoms with Gasteiger partial charge in [0.15, 0.2) is 0 Å². The van der Waals surface area contributed by atoms with E-state index in [9.17, 15) is 0 Å². The van der Waals surface area contributed by atoms with Gasteiger partial charge in [-0.1, -0.05) is 76.8 Å². The predicted octanol–water partition coefficient (Wildman–Crippen LogP) is 5.11. The minimum Gasteiger partial charge on any atom is -0.115 e. The van der Waals surface area contributed by atoms with Crippen molar-refractivity contribution in [2.24, 2.45) is 0 Å². The minimum absolute atomic E-state index is 0. The van der Waals surface area contributed by atoms with Gasteiger partial charge in [-0.15, -0.1) is 6.42 Å². The molecule has 0 fully saturated rings. The van der Waals surface area contributed by atoms with Crippen molar-refractivity contribution in [2.75, 3.05) is 0 Å². The van der Waals surface area contributed by atoms with Crippen molar-refractivity contribution in [3.63, 3.8) is 0 Å². The van der Waals surface area contributed by atoms with E-state index in [1.54, 1.807) is 6.08 Å². The van der Waals surface area contributed by atoms with E-state index in [-0.39, 0.29) is 7.43 Å². The van der Waals surface area contributed by atoms with E-state index in [0.717, 1.165) is 16.7 Å². The summed E-state index contributed by atoms with van der Waals surface area (Å²) in [6, 6.07) is 9.90. The molecular formula is C17H22. The molecule has 90 valence electrons. The number of terminal acetylenes is 1. The van der Waals surface area contributed by atoms with Crippen molar-refractivity contribution in [3.8, 4) is 12.3 Å². The van der Waals surface area contributed by atoms with E-state index in [0.29, 0.717) is 0 Å². The van der Waals surface area contributed by atoms with Gasteiger partial charge < -0.3 is 0 Å². The highest BCUT2D eigenvalue weighted by atomic mass is 14.0. The van der Waals surface area contributed by atoms with E-state index < -0.39 is 0 Å². The monoisotopic (exact) mass is 226 g/mol. The van der Waals surface area contributed by atoms with Crippen LogP contribution in [-0.2, 0) is 0 Å². The van der Waals surface area contributed by atoms with Gasteiger partial charge in [-0.25, -0.2) is 0 Å². The predicted molar refractivity (Wildman–Crippen MR) is 80.7 cm³/mol. The van der Waals surface area contributed by atoms with Crippen molar-refractivity contribution in [1.29, 1.82) is 0 Å². The fourth-order valence-electron chi connectivity index (χ4n) is 1.08. The number of hydrogen-bond acceptors (Lipinski definition) is 0. The third-order valence-corrected chi connectivity index (χ3v) is 1.86. The number of hydrogen-bond donors (Lipinski definition) is 0. The summed E-state index contributed by atoms with van der Waals surface area (Å²) in [5.41, 5.74) is 2.72. The maximum Gasteiger partial charge on any atom is 0.0242 e. The molecule has 0 unspecified atom stereocenters. The molecule has 0 saturated heterocycles. The van der Waals surface area contributed by atoms with Crippen LogP contribution < -0.4 is 0 Å². The molecule has 0 nitrogen and oxygen atoms in total. The Kier molecular flexibility index (Phi) is 10.8. The third kappa shape index (κ3) is 6.22. The highest BCUT2D eigenvalue weighted by Crippen LogP contribution is 2.14. The number of rotatable bonds is 3. The molecule has 0 aliphatic heterocycles. The van der Waals surface area contributed by atoms with Gasteiger partial charge in [0.25, 0.3) is 0 Å². The molecule has 0 aromatic heterocycles. The van der Waals surface area contributed by atoms with Crippen molar-refractivity contribution in [1.82, 2.24) is 0 Å². The normalized spacial score (nSPS) is 8.88. The van der Waals surface area contributed by atoms with Gasteiger partial charge in [-0.2, -0.15) is 0 Å². The number of benzene rings is 1. The largest absolute Gasteiger partial charge is 0.115 e. The van der Waals surface area contributed by atoms with Crippen LogP contribution in [0.4, 0.5) is 0 Å². The van der Waals surface area contributed by atoms with Gasteiger partial charge in [0.05, 0.1) is 0 Å². The molecule has 0 N–H and O–H groups in total. The Bertz CT molecular complexity index is 399. The van der Waals surface area contributed by atoms with Gasteiger partial charge in [0.2, 0.25) is 0 Å². The molecule has 0 atom stereocenters. The minimum atomic E-state index is 0. The smallest absolute Gasteiger partial charge is 0.0242 e. The molecule has 0 heteroatoms. The van der Waals surface area contributed by atoms with Crippen molar-refractivity contribution < 1.29 is 0 Å². The van der Waals surface area contributed by atoms with Crippen LogP contribution in [0.2, 0.25) is 0 Å². The van der Waals surface area contributed by atoms with Crippen LogP contribution in [0.1, 0.15) is 26.8 Å². The SMILES string of the molecule is C.C#C/C(C=C)=C/C(=C)c1ccccc1.CC. The zero-order valence-electron chi connectivity index (χ0n) is 10.0. The van der Waals surface area contributed by atoms with E-state index >= 15 is 0 Å². The fourth-order valence-corrected chi connectivity index (χ4v) is 1.08. The quantitative estimate of drug-likeness (QED) is 0.496. The summed E-state index contributed by atoms with van der Waals surface area (Å²) >= 11 is 0. The van der Waals surface area contributed by atoms with Crippen LogP contribution in [-0.4, -0.2) is 0 Å². The number of allylic oxidation sites excluding steroid dienone is 4. The van der Waals surface area contributed by atoms with E-state index in [4.69, 9.17) is 6.42 Å². The first-order valence-electron chi connectivity index (χ1n) is 5.33. The van der Waals surface area contributed by atoms with Crippen molar-refractivity contribution in [3.05, 3.63) is 66.8 Å². The third-order valence-electron chi connectivity index (χ3n) is 1.86. The Labute approximate surface area is 106 Å². The summed E-state index contributed by atoms with van der Waals surface area (Å²) in [5.74, 6) is 2.53. The highest BCUT2D eigenvalue weighted by molar-refractivity contribution is 5.74. The topological polar surface area (TPSA) is 0 Å². The fraction of sp³-hybridized carbons (Fsp3) is 0.176.